The van der Waals surface area contributed by atoms with Gasteiger partial charge in [0.25, 0.3) is 5.79 Å². The first kappa shape index (κ1) is 8.80. The normalized spacial score (nSPS) is 27.9. The van der Waals surface area contributed by atoms with Gasteiger partial charge in [0.1, 0.15) is 0 Å². The predicted molar refractivity (Wildman–Crippen MR) is 40.9 cm³/mol. The van der Waals surface area contributed by atoms with Crippen molar-refractivity contribution in [2.24, 2.45) is 0 Å². The molecule has 4 nitrogen and oxygen atoms in total. The Morgan fingerprint density at radius 1 is 1.83 bits per heavy atom. The number of cyclic esters (lactones) is 1. The summed E-state index contributed by atoms with van der Waals surface area (Å²) in [5, 5.41) is 9.66. The van der Waals surface area contributed by atoms with E-state index in [1.54, 1.807) is 6.92 Å². The van der Waals surface area contributed by atoms with Gasteiger partial charge in [-0.1, -0.05) is 6.58 Å². The monoisotopic (exact) mass is 170 g/mol. The van der Waals surface area contributed by atoms with Gasteiger partial charge in [0.05, 0.1) is 7.11 Å². The minimum absolute atomic E-state index is 0.00194. The van der Waals surface area contributed by atoms with Gasteiger partial charge in [-0.3, -0.25) is 0 Å². The van der Waals surface area contributed by atoms with Crippen LogP contribution in [0, 0.1) is 0 Å². The van der Waals surface area contributed by atoms with E-state index >= 15 is 0 Å². The van der Waals surface area contributed by atoms with E-state index in [9.17, 15) is 9.90 Å². The number of esters is 1. The third kappa shape index (κ3) is 1.10. The van der Waals surface area contributed by atoms with E-state index in [0.29, 0.717) is 5.57 Å². The molecule has 0 aromatic rings. The first-order chi connectivity index (χ1) is 5.50. The highest BCUT2D eigenvalue weighted by atomic mass is 16.7. The Morgan fingerprint density at radius 3 is 2.75 bits per heavy atom. The summed E-state index contributed by atoms with van der Waals surface area (Å²) >= 11 is 0. The average Bonchev–Trinajstić information content (AvgIpc) is 2.26. The van der Waals surface area contributed by atoms with Crippen LogP contribution in [-0.2, 0) is 14.3 Å². The fourth-order valence-corrected chi connectivity index (χ4v) is 0.945. The Morgan fingerprint density at radius 2 is 2.42 bits per heavy atom. The first-order valence-electron chi connectivity index (χ1n) is 3.38. The molecule has 0 saturated carbocycles. The van der Waals surface area contributed by atoms with E-state index in [1.165, 1.54) is 13.2 Å². The molecule has 0 aromatic heterocycles. The average molecular weight is 170 g/mol. The van der Waals surface area contributed by atoms with Crippen molar-refractivity contribution in [2.45, 2.75) is 12.7 Å². The quantitative estimate of drug-likeness (QED) is 0.479. The van der Waals surface area contributed by atoms with Crippen molar-refractivity contribution in [3.8, 4) is 0 Å². The van der Waals surface area contributed by atoms with E-state index in [1.807, 2.05) is 0 Å². The van der Waals surface area contributed by atoms with Crippen molar-refractivity contribution in [1.82, 2.24) is 0 Å². The van der Waals surface area contributed by atoms with Gasteiger partial charge in [-0.2, -0.15) is 0 Å². The molecule has 1 aliphatic rings. The summed E-state index contributed by atoms with van der Waals surface area (Å²) in [4.78, 5) is 10.7. The van der Waals surface area contributed by atoms with E-state index in [2.05, 4.69) is 11.3 Å². The van der Waals surface area contributed by atoms with Crippen LogP contribution in [0.5, 0.6) is 0 Å². The van der Waals surface area contributed by atoms with Crippen molar-refractivity contribution in [1.29, 1.82) is 0 Å². The Hall–Kier alpha value is -1.29. The highest BCUT2D eigenvalue weighted by Crippen LogP contribution is 2.31. The topological polar surface area (TPSA) is 55.8 Å². The van der Waals surface area contributed by atoms with Crippen LogP contribution in [0.2, 0.25) is 0 Å². The van der Waals surface area contributed by atoms with Crippen molar-refractivity contribution in [3.63, 3.8) is 0 Å². The minimum Gasteiger partial charge on any atom is -0.494 e. The Labute approximate surface area is 70.1 Å². The Balaban J connectivity index is 2.95. The Bertz CT molecular complexity index is 266. The lowest BCUT2D eigenvalue weighted by Crippen LogP contribution is -2.33. The maximum atomic E-state index is 10.7. The molecule has 0 fully saturated rings. The second-order valence-electron chi connectivity index (χ2n) is 2.52. The lowest BCUT2D eigenvalue weighted by Gasteiger charge is -2.23. The lowest BCUT2D eigenvalue weighted by atomic mass is 10.1. The fraction of sp³-hybridized carbons (Fsp3) is 0.375. The molecular formula is C8H10O4. The molecule has 4 heteroatoms. The number of carbonyl (C=O) groups is 1. The van der Waals surface area contributed by atoms with Crippen LogP contribution in [0.25, 0.3) is 0 Å². The largest absolute Gasteiger partial charge is 0.494 e. The summed E-state index contributed by atoms with van der Waals surface area (Å²) in [6, 6.07) is 0. The zero-order chi connectivity index (χ0) is 9.35. The minimum atomic E-state index is -1.77. The molecule has 66 valence electrons. The highest BCUT2D eigenvalue weighted by Gasteiger charge is 2.42. The summed E-state index contributed by atoms with van der Waals surface area (Å²) in [7, 11) is 1.35. The third-order valence-corrected chi connectivity index (χ3v) is 1.74. The molecule has 0 aromatic carbocycles. The van der Waals surface area contributed by atoms with E-state index in [-0.39, 0.29) is 5.76 Å². The van der Waals surface area contributed by atoms with Crippen molar-refractivity contribution >= 4 is 5.97 Å². The van der Waals surface area contributed by atoms with Crippen LogP contribution in [0.15, 0.2) is 24.0 Å². The number of carbonyl (C=O) groups excluding carboxylic acids is 1. The molecule has 0 bridgehead atoms. The molecule has 0 radical (unpaired) electrons. The maximum Gasteiger partial charge on any atom is 0.334 e. The molecule has 1 atom stereocenters. The molecule has 1 N–H and O–H groups in total. The smallest absolute Gasteiger partial charge is 0.334 e. The van der Waals surface area contributed by atoms with Gasteiger partial charge in [0, 0.05) is 11.6 Å². The molecule has 1 heterocycles. The van der Waals surface area contributed by atoms with Crippen LogP contribution in [0.3, 0.4) is 0 Å². The van der Waals surface area contributed by atoms with Gasteiger partial charge < -0.3 is 14.6 Å². The molecule has 0 amide bonds. The van der Waals surface area contributed by atoms with E-state index < -0.39 is 11.8 Å². The van der Waals surface area contributed by atoms with Gasteiger partial charge in [0.2, 0.25) is 0 Å². The van der Waals surface area contributed by atoms with Gasteiger partial charge >= 0.3 is 5.97 Å². The zero-order valence-electron chi connectivity index (χ0n) is 6.96. The summed E-state index contributed by atoms with van der Waals surface area (Å²) in [5.74, 6) is -2.36. The summed E-state index contributed by atoms with van der Waals surface area (Å²) in [6.45, 7) is 4.99. The van der Waals surface area contributed by atoms with Crippen LogP contribution in [-0.4, -0.2) is 24.0 Å². The van der Waals surface area contributed by atoms with Crippen LogP contribution < -0.4 is 0 Å². The summed E-state index contributed by atoms with van der Waals surface area (Å²) < 4.78 is 9.31. The molecule has 0 spiro atoms. The number of hydrogen-bond donors (Lipinski definition) is 1. The number of aliphatic hydroxyl groups is 1. The molecule has 0 saturated heterocycles. The predicted octanol–water partition coefficient (Wildman–Crippen LogP) is 0.338. The molecule has 12 heavy (non-hydrogen) atoms. The molecular weight excluding hydrogens is 160 g/mol. The number of methoxy groups -OCH3 is 1. The first-order valence-corrected chi connectivity index (χ1v) is 3.38. The molecule has 1 aliphatic heterocycles. The third-order valence-electron chi connectivity index (χ3n) is 1.74. The van der Waals surface area contributed by atoms with E-state index in [0.717, 1.165) is 0 Å². The van der Waals surface area contributed by atoms with Gasteiger partial charge in [-0.15, -0.1) is 0 Å². The van der Waals surface area contributed by atoms with Crippen LogP contribution in [0.1, 0.15) is 6.92 Å². The summed E-state index contributed by atoms with van der Waals surface area (Å²) in [5.41, 5.74) is 0.374. The number of hydrogen-bond acceptors (Lipinski definition) is 4. The fourth-order valence-electron chi connectivity index (χ4n) is 0.945. The second kappa shape index (κ2) is 2.64. The van der Waals surface area contributed by atoms with Crippen LogP contribution >= 0.6 is 0 Å². The molecule has 1 rings (SSSR count). The lowest BCUT2D eigenvalue weighted by molar-refractivity contribution is -0.178. The van der Waals surface area contributed by atoms with Gasteiger partial charge in [0.15, 0.2) is 5.76 Å². The molecule has 0 aliphatic carbocycles. The Kier molecular flexibility index (Phi) is 1.94. The SMILES string of the molecule is C=C(OC)[C@@]1(O)OC(=O)C=C1C. The van der Waals surface area contributed by atoms with Crippen molar-refractivity contribution in [2.75, 3.05) is 7.11 Å². The summed E-state index contributed by atoms with van der Waals surface area (Å²) in [6.07, 6.45) is 1.20. The zero-order valence-corrected chi connectivity index (χ0v) is 6.96. The van der Waals surface area contributed by atoms with E-state index in [4.69, 9.17) is 4.74 Å². The maximum absolute atomic E-state index is 10.7. The number of ether oxygens (including phenoxy) is 2. The highest BCUT2D eigenvalue weighted by molar-refractivity contribution is 5.86. The van der Waals surface area contributed by atoms with Crippen molar-refractivity contribution in [3.05, 3.63) is 24.0 Å². The second-order valence-corrected chi connectivity index (χ2v) is 2.52. The standard InChI is InChI=1S/C8H10O4/c1-5-4-7(9)12-8(5,10)6(2)11-3/h4,10H,2H2,1,3H3/t8-/m0/s1. The van der Waals surface area contributed by atoms with Crippen LogP contribution in [0.4, 0.5) is 0 Å². The van der Waals surface area contributed by atoms with Crippen molar-refractivity contribution < 1.29 is 19.4 Å². The number of rotatable bonds is 2. The van der Waals surface area contributed by atoms with Gasteiger partial charge in [-0.25, -0.2) is 4.79 Å². The van der Waals surface area contributed by atoms with Gasteiger partial charge in [-0.05, 0) is 6.92 Å². The molecule has 0 unspecified atom stereocenters.